The Morgan fingerprint density at radius 1 is 0.414 bits per heavy atom. The van der Waals surface area contributed by atoms with E-state index in [2.05, 4.69) is 41.5 Å². The molecule has 1 spiro atoms. The van der Waals surface area contributed by atoms with E-state index in [4.69, 9.17) is 0 Å². The molecule has 0 amide bonds. The summed E-state index contributed by atoms with van der Waals surface area (Å²) in [4.78, 5) is 5.70. The zero-order valence-corrected chi connectivity index (χ0v) is 21.3. The summed E-state index contributed by atoms with van der Waals surface area (Å²) in [5.74, 6) is 0. The van der Waals surface area contributed by atoms with Gasteiger partial charge in [-0.15, -0.1) is 0 Å². The maximum absolute atomic E-state index is 3.82. The van der Waals surface area contributed by atoms with Crippen molar-refractivity contribution in [3.8, 4) is 0 Å². The van der Waals surface area contributed by atoms with Crippen LogP contribution in [0.15, 0.2) is 0 Å². The van der Waals surface area contributed by atoms with Crippen molar-refractivity contribution < 1.29 is 6.51 Å². The molecule has 10 saturated heterocycles. The first-order valence-corrected chi connectivity index (χ1v) is 19.9. The second kappa shape index (κ2) is 1.94. The van der Waals surface area contributed by atoms with Gasteiger partial charge < -0.3 is 0 Å². The molecule has 10 aliphatic heterocycles. The molecule has 0 nitrogen and oxygen atoms in total. The van der Waals surface area contributed by atoms with Crippen molar-refractivity contribution in [2.75, 3.05) is 0 Å². The summed E-state index contributed by atoms with van der Waals surface area (Å²) in [6, 6.07) is 0. The summed E-state index contributed by atoms with van der Waals surface area (Å²) in [6.45, 7) is 11.7. The molecular formula is C28H46Fe. The standard InChI is InChI=1S/2C14H23.Fe/c2*1-4-7-12-10-11-13(8-5-2)14(12)9-6-3;/h2*10-11H,4-9H2,1-3H3;. The van der Waals surface area contributed by atoms with Crippen molar-refractivity contribution in [2.24, 2.45) is 0 Å². The van der Waals surface area contributed by atoms with Crippen molar-refractivity contribution in [3.63, 3.8) is 0 Å². The van der Waals surface area contributed by atoms with E-state index in [-0.39, 0.29) is 0 Å². The Hall–Kier alpha value is 0.519. The summed E-state index contributed by atoms with van der Waals surface area (Å²) in [7, 11) is 0. The van der Waals surface area contributed by atoms with E-state index in [9.17, 15) is 0 Å². The van der Waals surface area contributed by atoms with Gasteiger partial charge in [0.2, 0.25) is 0 Å². The molecule has 10 aliphatic rings. The Bertz CT molecular complexity index is 1160. The first-order chi connectivity index (χ1) is 13.9. The van der Waals surface area contributed by atoms with Gasteiger partial charge in [0.05, 0.1) is 0 Å². The van der Waals surface area contributed by atoms with Crippen LogP contribution in [0.25, 0.3) is 0 Å². The summed E-state index contributed by atoms with van der Waals surface area (Å²) < 4.78 is 6.22. The van der Waals surface area contributed by atoms with E-state index in [0.717, 1.165) is 25.9 Å². The molecule has 0 aromatic heterocycles. The van der Waals surface area contributed by atoms with E-state index in [1.807, 2.05) is 0 Å². The van der Waals surface area contributed by atoms with Gasteiger partial charge in [-0.3, -0.25) is 0 Å². The van der Waals surface area contributed by atoms with Gasteiger partial charge >= 0.3 is 170 Å². The third-order valence-corrected chi connectivity index (χ3v) is 69.3. The van der Waals surface area contributed by atoms with Gasteiger partial charge in [0.25, 0.3) is 0 Å². The molecule has 8 atom stereocenters. The second-order valence-corrected chi connectivity index (χ2v) is 38.0. The van der Waals surface area contributed by atoms with Gasteiger partial charge in [-0.25, -0.2) is 0 Å². The van der Waals surface area contributed by atoms with Crippen LogP contribution in [-0.2, 0) is 6.51 Å². The first-order valence-electron chi connectivity index (χ1n) is 14.1. The average Bonchev–Trinajstić information content (AvgIpc) is 3.66. The molecule has 10 heterocycles. The Balaban J connectivity index is 1.46. The van der Waals surface area contributed by atoms with Crippen LogP contribution in [0, 0.1) is 0 Å². The molecule has 0 bridgehead atoms. The van der Waals surface area contributed by atoms with E-state index in [1.54, 1.807) is 38.5 Å². The Labute approximate surface area is 170 Å². The van der Waals surface area contributed by atoms with Crippen LogP contribution in [0.1, 0.15) is 119 Å². The Morgan fingerprint density at radius 2 is 0.655 bits per heavy atom. The summed E-state index contributed by atoms with van der Waals surface area (Å²) >= 11 is 0. The predicted octanol–water partition coefficient (Wildman–Crippen LogP) is 10.4. The van der Waals surface area contributed by atoms with Crippen LogP contribution in [0.2, 0.25) is 45.1 Å². The van der Waals surface area contributed by atoms with E-state index in [0.29, 0.717) is 0 Å². The normalized spacial score (nSPS) is 87.8. The van der Waals surface area contributed by atoms with Gasteiger partial charge in [0.15, 0.2) is 0 Å². The molecular weight excluding hydrogens is 392 g/mol. The quantitative estimate of drug-likeness (QED) is 0.266. The number of fused-ring (bicyclic) bond motifs is 10. The maximum atomic E-state index is 2.59. The summed E-state index contributed by atoms with van der Waals surface area (Å²) in [6.07, 6.45) is 19.5. The Morgan fingerprint density at radius 3 is 0.862 bits per heavy atom. The zero-order valence-electron chi connectivity index (χ0n) is 20.1. The van der Waals surface area contributed by atoms with Crippen LogP contribution in [0.5, 0.6) is 0 Å². The fourth-order valence-corrected chi connectivity index (χ4v) is 118. The van der Waals surface area contributed by atoms with Crippen molar-refractivity contribution in [1.29, 1.82) is 0 Å². The van der Waals surface area contributed by atoms with Crippen LogP contribution in [0.3, 0.4) is 0 Å². The molecule has 0 saturated carbocycles. The fourth-order valence-electron chi connectivity index (χ4n) is 27.3. The molecule has 166 valence electrons. The monoisotopic (exact) mass is 438 g/mol. The van der Waals surface area contributed by atoms with Gasteiger partial charge in [-0.05, 0) is 0 Å². The summed E-state index contributed by atoms with van der Waals surface area (Å²) in [5.41, 5.74) is 0. The molecule has 0 aromatic carbocycles. The molecule has 10 rings (SSSR count). The molecule has 29 heavy (non-hydrogen) atoms. The number of rotatable bonds is 12. The second-order valence-electron chi connectivity index (χ2n) is 15.5. The zero-order chi connectivity index (χ0) is 20.1. The van der Waals surface area contributed by atoms with Crippen molar-refractivity contribution in [2.45, 2.75) is 164 Å². The molecule has 0 N–H and O–H groups in total. The van der Waals surface area contributed by atoms with Gasteiger partial charge in [0, 0.05) is 0 Å². The number of hydrogen-bond acceptors (Lipinski definition) is 0. The minimum absolute atomic E-state index is 1.03. The summed E-state index contributed by atoms with van der Waals surface area (Å²) in [5, 5.41) is 0. The van der Waals surface area contributed by atoms with Crippen LogP contribution in [-0.4, -0.2) is 0 Å². The Kier molecular flexibility index (Phi) is 1.08. The van der Waals surface area contributed by atoms with Gasteiger partial charge in [0.1, 0.15) is 0 Å². The first kappa shape index (κ1) is 16.2. The van der Waals surface area contributed by atoms with Crippen LogP contribution < -0.4 is 0 Å². The van der Waals surface area contributed by atoms with Crippen molar-refractivity contribution >= 4 is 0 Å². The van der Waals surface area contributed by atoms with Gasteiger partial charge in [-0.2, -0.15) is 0 Å². The van der Waals surface area contributed by atoms with E-state index in [1.165, 1.54) is 57.8 Å². The minimum atomic E-state index is -3.82. The van der Waals surface area contributed by atoms with Crippen LogP contribution >= 0.6 is 0 Å². The third-order valence-electron chi connectivity index (χ3n) is 21.0. The average molecular weight is 439 g/mol. The van der Waals surface area contributed by atoms with Crippen molar-refractivity contribution in [3.05, 3.63) is 0 Å². The molecule has 0 aromatic rings. The van der Waals surface area contributed by atoms with Crippen LogP contribution in [0.4, 0.5) is 0 Å². The fraction of sp³-hybridized carbons (Fsp3) is 1.00. The molecule has 1 heteroatoms. The predicted molar refractivity (Wildman–Crippen MR) is 121 cm³/mol. The topological polar surface area (TPSA) is 0 Å². The molecule has 0 radical (unpaired) electrons. The molecule has 8 unspecified atom stereocenters. The van der Waals surface area contributed by atoms with E-state index >= 15 is 0 Å². The SMILES string of the molecule is CCC[C]12[CH]3[CH]4[C]5(CCC)[C]1(CCC)[Fe]34251678[CH]2[CH]1[C]6(CCC)[C]7(CCC)[C]28CCC. The van der Waals surface area contributed by atoms with E-state index < -0.39 is 6.51 Å². The third kappa shape index (κ3) is 0.213. The number of hydrogen-bond donors (Lipinski definition) is 0. The van der Waals surface area contributed by atoms with Gasteiger partial charge in [-0.1, -0.05) is 0 Å². The molecule has 10 fully saturated rings. The molecule has 0 aliphatic carbocycles. The van der Waals surface area contributed by atoms with Crippen molar-refractivity contribution in [1.82, 2.24) is 0 Å².